The smallest absolute Gasteiger partial charge is 0.253 e. The first-order valence-corrected chi connectivity index (χ1v) is 9.27. The Hall–Kier alpha value is -2.30. The molecule has 132 valence electrons. The Morgan fingerprint density at radius 3 is 2.84 bits per heavy atom. The lowest BCUT2D eigenvalue weighted by molar-refractivity contribution is 0.0781. The first-order chi connectivity index (χ1) is 12.1. The highest BCUT2D eigenvalue weighted by molar-refractivity contribution is 5.98. The largest absolute Gasteiger partial charge is 0.381 e. The van der Waals surface area contributed by atoms with Crippen LogP contribution in [-0.2, 0) is 20.0 Å². The molecule has 5 nitrogen and oxygen atoms in total. The lowest BCUT2D eigenvalue weighted by Crippen LogP contribution is -2.34. The third-order valence-corrected chi connectivity index (χ3v) is 5.60. The third-order valence-electron chi connectivity index (χ3n) is 5.60. The van der Waals surface area contributed by atoms with Crippen LogP contribution in [0, 0.1) is 0 Å². The Balaban J connectivity index is 1.56. The number of likely N-dealkylation sites (N-methyl/N-ethyl adjacent to an activating group) is 1. The molecular weight excluding hydrogens is 312 g/mol. The number of benzene rings is 1. The van der Waals surface area contributed by atoms with E-state index in [1.807, 2.05) is 30.9 Å². The number of nitrogens with one attached hydrogen (secondary N) is 1. The monoisotopic (exact) mass is 338 g/mol. The second-order valence-corrected chi connectivity index (χ2v) is 7.36. The summed E-state index contributed by atoms with van der Waals surface area (Å²) in [5, 5.41) is 8.31. The number of rotatable bonds is 4. The first-order valence-electron chi connectivity index (χ1n) is 9.27. The fourth-order valence-corrected chi connectivity index (χ4v) is 4.23. The number of amides is 1. The molecule has 25 heavy (non-hydrogen) atoms. The molecule has 0 radical (unpaired) electrons. The Morgan fingerprint density at radius 2 is 2.04 bits per heavy atom. The molecule has 0 bridgehead atoms. The maximum Gasteiger partial charge on any atom is 0.253 e. The van der Waals surface area contributed by atoms with E-state index in [4.69, 9.17) is 5.10 Å². The molecule has 1 fully saturated rings. The molecular formula is C20H26N4O. The zero-order chi connectivity index (χ0) is 17.4. The van der Waals surface area contributed by atoms with Gasteiger partial charge in [-0.3, -0.25) is 9.48 Å². The summed E-state index contributed by atoms with van der Waals surface area (Å²) in [6, 6.07) is 5.99. The van der Waals surface area contributed by atoms with Gasteiger partial charge in [0, 0.05) is 56.1 Å². The quantitative estimate of drug-likeness (QED) is 0.930. The van der Waals surface area contributed by atoms with Crippen LogP contribution >= 0.6 is 0 Å². The molecule has 1 amide bonds. The topological polar surface area (TPSA) is 50.2 Å². The van der Waals surface area contributed by atoms with Gasteiger partial charge in [-0.25, -0.2) is 0 Å². The molecule has 4 rings (SSSR count). The molecule has 1 aromatic heterocycles. The van der Waals surface area contributed by atoms with Crippen LogP contribution in [0.15, 0.2) is 24.4 Å². The highest BCUT2D eigenvalue weighted by Crippen LogP contribution is 2.35. The van der Waals surface area contributed by atoms with Crippen molar-refractivity contribution >= 4 is 11.6 Å². The average molecular weight is 338 g/mol. The van der Waals surface area contributed by atoms with Crippen molar-refractivity contribution in [2.75, 3.05) is 18.9 Å². The first kappa shape index (κ1) is 16.2. The standard InChI is InChI=1S/C20H26N4O/c1-23-11-10-16-17(20(23)25)8-5-9-18(16)21-12-15-13-24(2)22-19(15)14-6-3-4-7-14/h5,8-9,13-14,21H,3-4,6-7,10-12H2,1-2H3. The van der Waals surface area contributed by atoms with E-state index in [0.29, 0.717) is 5.92 Å². The third kappa shape index (κ3) is 3.03. The molecule has 0 unspecified atom stereocenters. The Bertz CT molecular complexity index is 789. The van der Waals surface area contributed by atoms with Crippen LogP contribution in [0.25, 0.3) is 0 Å². The predicted molar refractivity (Wildman–Crippen MR) is 98.9 cm³/mol. The number of aryl methyl sites for hydroxylation is 1. The summed E-state index contributed by atoms with van der Waals surface area (Å²) in [5.41, 5.74) is 5.61. The number of carbonyl (C=O) groups is 1. The van der Waals surface area contributed by atoms with Crippen molar-refractivity contribution in [2.45, 2.75) is 44.6 Å². The minimum absolute atomic E-state index is 0.123. The van der Waals surface area contributed by atoms with Gasteiger partial charge in [-0.15, -0.1) is 0 Å². The van der Waals surface area contributed by atoms with Crippen LogP contribution in [0.2, 0.25) is 0 Å². The van der Waals surface area contributed by atoms with Gasteiger partial charge in [0.25, 0.3) is 5.91 Å². The fraction of sp³-hybridized carbons (Fsp3) is 0.500. The van der Waals surface area contributed by atoms with Gasteiger partial charge in [0.05, 0.1) is 5.69 Å². The van der Waals surface area contributed by atoms with Crippen molar-refractivity contribution in [3.8, 4) is 0 Å². The van der Waals surface area contributed by atoms with Crippen molar-refractivity contribution in [2.24, 2.45) is 7.05 Å². The number of hydrogen-bond donors (Lipinski definition) is 1. The minimum Gasteiger partial charge on any atom is -0.381 e. The maximum absolute atomic E-state index is 12.4. The number of nitrogens with zero attached hydrogens (tertiary/aromatic N) is 3. The van der Waals surface area contributed by atoms with E-state index in [-0.39, 0.29) is 5.91 Å². The van der Waals surface area contributed by atoms with Crippen LogP contribution in [0.5, 0.6) is 0 Å². The van der Waals surface area contributed by atoms with Gasteiger partial charge in [-0.2, -0.15) is 5.10 Å². The van der Waals surface area contributed by atoms with Gasteiger partial charge >= 0.3 is 0 Å². The summed E-state index contributed by atoms with van der Waals surface area (Å²) in [5.74, 6) is 0.732. The number of hydrogen-bond acceptors (Lipinski definition) is 3. The second-order valence-electron chi connectivity index (χ2n) is 7.36. The summed E-state index contributed by atoms with van der Waals surface area (Å²) in [7, 11) is 3.87. The SMILES string of the molecule is CN1CCc2c(NCc3cn(C)nc3C3CCCC3)cccc2C1=O. The maximum atomic E-state index is 12.4. The molecule has 1 aliphatic carbocycles. The summed E-state index contributed by atoms with van der Waals surface area (Å²) < 4.78 is 1.93. The summed E-state index contributed by atoms with van der Waals surface area (Å²) in [6.07, 6.45) is 8.18. The van der Waals surface area contributed by atoms with Crippen LogP contribution < -0.4 is 5.32 Å². The zero-order valence-electron chi connectivity index (χ0n) is 15.1. The summed E-state index contributed by atoms with van der Waals surface area (Å²) in [6.45, 7) is 1.55. The molecule has 2 aliphatic rings. The van der Waals surface area contributed by atoms with Crippen LogP contribution in [-0.4, -0.2) is 34.2 Å². The molecule has 0 atom stereocenters. The fourth-order valence-electron chi connectivity index (χ4n) is 4.23. The highest BCUT2D eigenvalue weighted by Gasteiger charge is 2.25. The van der Waals surface area contributed by atoms with E-state index in [1.54, 1.807) is 4.90 Å². The zero-order valence-corrected chi connectivity index (χ0v) is 15.1. The van der Waals surface area contributed by atoms with E-state index in [9.17, 15) is 4.79 Å². The molecule has 0 saturated heterocycles. The molecule has 2 heterocycles. The minimum atomic E-state index is 0.123. The highest BCUT2D eigenvalue weighted by atomic mass is 16.2. The second kappa shape index (κ2) is 6.54. The lowest BCUT2D eigenvalue weighted by atomic mass is 9.97. The van der Waals surface area contributed by atoms with Crippen LogP contribution in [0.4, 0.5) is 5.69 Å². The normalized spacial score (nSPS) is 17.8. The molecule has 2 aromatic rings. The number of anilines is 1. The predicted octanol–water partition coefficient (Wildman–Crippen LogP) is 3.32. The van der Waals surface area contributed by atoms with E-state index < -0.39 is 0 Å². The van der Waals surface area contributed by atoms with Crippen molar-refractivity contribution in [3.05, 3.63) is 46.8 Å². The Morgan fingerprint density at radius 1 is 1.24 bits per heavy atom. The van der Waals surface area contributed by atoms with Crippen molar-refractivity contribution in [1.82, 2.24) is 14.7 Å². The van der Waals surface area contributed by atoms with Gasteiger partial charge in [-0.1, -0.05) is 18.9 Å². The van der Waals surface area contributed by atoms with Crippen LogP contribution in [0.3, 0.4) is 0 Å². The van der Waals surface area contributed by atoms with Crippen LogP contribution in [0.1, 0.15) is 58.8 Å². The Kier molecular flexibility index (Phi) is 4.24. The van der Waals surface area contributed by atoms with Crippen molar-refractivity contribution < 1.29 is 4.79 Å². The van der Waals surface area contributed by atoms with E-state index in [0.717, 1.165) is 36.3 Å². The number of fused-ring (bicyclic) bond motifs is 1. The van der Waals surface area contributed by atoms with Crippen molar-refractivity contribution in [1.29, 1.82) is 0 Å². The average Bonchev–Trinajstić information content (AvgIpc) is 3.25. The number of aromatic nitrogens is 2. The lowest BCUT2D eigenvalue weighted by Gasteiger charge is -2.26. The van der Waals surface area contributed by atoms with Crippen molar-refractivity contribution in [3.63, 3.8) is 0 Å². The number of carbonyl (C=O) groups excluding carboxylic acids is 1. The van der Waals surface area contributed by atoms with Gasteiger partial charge in [0.1, 0.15) is 0 Å². The Labute approximate surface area is 149 Å². The van der Waals surface area contributed by atoms with Gasteiger partial charge < -0.3 is 10.2 Å². The molecule has 1 aromatic carbocycles. The summed E-state index contributed by atoms with van der Waals surface area (Å²) in [4.78, 5) is 14.2. The molecule has 1 aliphatic heterocycles. The van der Waals surface area contributed by atoms with E-state index >= 15 is 0 Å². The summed E-state index contributed by atoms with van der Waals surface area (Å²) >= 11 is 0. The van der Waals surface area contributed by atoms with Gasteiger partial charge in [0.15, 0.2) is 0 Å². The van der Waals surface area contributed by atoms with Gasteiger partial charge in [0.2, 0.25) is 0 Å². The van der Waals surface area contributed by atoms with E-state index in [2.05, 4.69) is 17.6 Å². The molecule has 1 saturated carbocycles. The molecule has 5 heteroatoms. The van der Waals surface area contributed by atoms with E-state index in [1.165, 1.54) is 36.9 Å². The molecule has 0 spiro atoms. The van der Waals surface area contributed by atoms with Gasteiger partial charge in [-0.05, 0) is 37.0 Å². The molecule has 1 N–H and O–H groups in total.